The molecule has 106 valence electrons. The molecule has 0 saturated heterocycles. The monoisotopic (exact) mass is 267 g/mol. The van der Waals surface area contributed by atoms with Crippen molar-refractivity contribution in [2.24, 2.45) is 0 Å². The van der Waals surface area contributed by atoms with Gasteiger partial charge in [0.25, 0.3) is 0 Å². The topological polar surface area (TPSA) is 49.0 Å². The highest BCUT2D eigenvalue weighted by atomic mass is 16.7. The summed E-state index contributed by atoms with van der Waals surface area (Å²) in [6.45, 7) is 5.20. The lowest BCUT2D eigenvalue weighted by molar-refractivity contribution is -0.00989. The van der Waals surface area contributed by atoms with Gasteiger partial charge in [0.15, 0.2) is 11.5 Å². The highest BCUT2D eigenvalue weighted by Gasteiger charge is 2.14. The Morgan fingerprint density at radius 3 is 2.95 bits per heavy atom. The molecule has 0 saturated carbocycles. The van der Waals surface area contributed by atoms with Crippen molar-refractivity contribution in [3.05, 3.63) is 23.8 Å². The minimum Gasteiger partial charge on any atom is -0.454 e. The Balaban J connectivity index is 1.85. The molecule has 1 aliphatic rings. The number of fused-ring (bicyclic) bond motifs is 1. The molecule has 1 aromatic rings. The Morgan fingerprint density at radius 2 is 2.16 bits per heavy atom. The van der Waals surface area contributed by atoms with Crippen LogP contribution in [0.25, 0.3) is 0 Å². The molecular formula is C14H21NO4. The summed E-state index contributed by atoms with van der Waals surface area (Å²) in [6, 6.07) is 5.86. The first-order chi connectivity index (χ1) is 9.33. The second-order valence-electron chi connectivity index (χ2n) is 4.38. The maximum Gasteiger partial charge on any atom is 0.231 e. The number of hydrogen-bond acceptors (Lipinski definition) is 5. The van der Waals surface area contributed by atoms with E-state index in [2.05, 4.69) is 12.2 Å². The minimum absolute atomic E-state index is 0.0513. The van der Waals surface area contributed by atoms with Gasteiger partial charge in [0, 0.05) is 13.7 Å². The zero-order valence-corrected chi connectivity index (χ0v) is 11.5. The van der Waals surface area contributed by atoms with Gasteiger partial charge in [-0.3, -0.25) is 0 Å². The summed E-state index contributed by atoms with van der Waals surface area (Å²) in [5.41, 5.74) is 1.07. The van der Waals surface area contributed by atoms with E-state index in [1.807, 2.05) is 18.2 Å². The Hall–Kier alpha value is -1.30. The number of methoxy groups -OCH3 is 1. The molecule has 19 heavy (non-hydrogen) atoms. The van der Waals surface area contributed by atoms with Crippen LogP contribution in [0.5, 0.6) is 11.5 Å². The van der Waals surface area contributed by atoms with Crippen molar-refractivity contribution in [3.8, 4) is 11.5 Å². The molecule has 1 N–H and O–H groups in total. The van der Waals surface area contributed by atoms with Crippen molar-refractivity contribution in [2.45, 2.75) is 19.6 Å². The molecule has 1 unspecified atom stereocenters. The van der Waals surface area contributed by atoms with Crippen LogP contribution in [0.4, 0.5) is 0 Å². The van der Waals surface area contributed by atoms with E-state index in [4.69, 9.17) is 18.9 Å². The smallest absolute Gasteiger partial charge is 0.231 e. The molecule has 0 aliphatic carbocycles. The molecule has 1 aliphatic heterocycles. The second kappa shape index (κ2) is 7.33. The standard InChI is InChI=1S/C14H21NO4/c1-3-15-7-12(9-16-2)17-8-11-4-5-13-14(6-11)19-10-18-13/h4-6,12,15H,3,7-10H2,1-2H3. The third kappa shape index (κ3) is 4.09. The van der Waals surface area contributed by atoms with Crippen LogP contribution in [0.1, 0.15) is 12.5 Å². The Morgan fingerprint density at radius 1 is 1.32 bits per heavy atom. The Kier molecular flexibility index (Phi) is 5.44. The van der Waals surface area contributed by atoms with E-state index in [0.717, 1.165) is 30.2 Å². The number of ether oxygens (including phenoxy) is 4. The third-order valence-corrected chi connectivity index (χ3v) is 2.90. The summed E-state index contributed by atoms with van der Waals surface area (Å²) in [7, 11) is 1.68. The van der Waals surface area contributed by atoms with Gasteiger partial charge in [0.2, 0.25) is 6.79 Å². The van der Waals surface area contributed by atoms with E-state index in [1.54, 1.807) is 7.11 Å². The van der Waals surface area contributed by atoms with E-state index in [0.29, 0.717) is 20.0 Å². The molecule has 5 nitrogen and oxygen atoms in total. The first kappa shape index (κ1) is 14.1. The van der Waals surface area contributed by atoms with Gasteiger partial charge in [0.05, 0.1) is 19.3 Å². The summed E-state index contributed by atoms with van der Waals surface area (Å²) >= 11 is 0. The lowest BCUT2D eigenvalue weighted by Gasteiger charge is -2.17. The summed E-state index contributed by atoms with van der Waals surface area (Å²) in [5.74, 6) is 1.58. The first-order valence-electron chi connectivity index (χ1n) is 6.53. The number of hydrogen-bond donors (Lipinski definition) is 1. The molecule has 0 bridgehead atoms. The quantitative estimate of drug-likeness (QED) is 0.774. The summed E-state index contributed by atoms with van der Waals surface area (Å²) < 4.78 is 21.6. The second-order valence-corrected chi connectivity index (χ2v) is 4.38. The average molecular weight is 267 g/mol. The fraction of sp³-hybridized carbons (Fsp3) is 0.571. The van der Waals surface area contributed by atoms with Gasteiger partial charge in [0.1, 0.15) is 0 Å². The van der Waals surface area contributed by atoms with Crippen LogP contribution in [0.15, 0.2) is 18.2 Å². The normalized spacial score (nSPS) is 14.6. The predicted octanol–water partition coefficient (Wildman–Crippen LogP) is 1.56. The molecule has 1 heterocycles. The zero-order chi connectivity index (χ0) is 13.5. The molecule has 0 radical (unpaired) electrons. The van der Waals surface area contributed by atoms with E-state index in [-0.39, 0.29) is 6.10 Å². The first-order valence-corrected chi connectivity index (χ1v) is 6.53. The molecule has 1 atom stereocenters. The number of likely N-dealkylation sites (N-methyl/N-ethyl adjacent to an activating group) is 1. The fourth-order valence-electron chi connectivity index (χ4n) is 1.90. The van der Waals surface area contributed by atoms with Crippen molar-refractivity contribution in [1.29, 1.82) is 0 Å². The van der Waals surface area contributed by atoms with Gasteiger partial charge in [-0.05, 0) is 24.2 Å². The van der Waals surface area contributed by atoms with Crippen molar-refractivity contribution in [1.82, 2.24) is 5.32 Å². The van der Waals surface area contributed by atoms with Crippen molar-refractivity contribution in [3.63, 3.8) is 0 Å². The van der Waals surface area contributed by atoms with Crippen LogP contribution in [-0.2, 0) is 16.1 Å². The van der Waals surface area contributed by atoms with E-state index in [1.165, 1.54) is 0 Å². The SMILES string of the molecule is CCNCC(COC)OCc1ccc2c(c1)OCO2. The summed E-state index contributed by atoms with van der Waals surface area (Å²) in [4.78, 5) is 0. The molecule has 0 fully saturated rings. The number of nitrogens with one attached hydrogen (secondary N) is 1. The third-order valence-electron chi connectivity index (χ3n) is 2.90. The summed E-state index contributed by atoms with van der Waals surface area (Å²) in [6.07, 6.45) is 0.0513. The van der Waals surface area contributed by atoms with Gasteiger partial charge >= 0.3 is 0 Å². The number of benzene rings is 1. The van der Waals surface area contributed by atoms with Crippen LogP contribution in [-0.4, -0.2) is 39.7 Å². The van der Waals surface area contributed by atoms with Gasteiger partial charge < -0.3 is 24.3 Å². The maximum absolute atomic E-state index is 5.85. The largest absolute Gasteiger partial charge is 0.454 e. The van der Waals surface area contributed by atoms with E-state index in [9.17, 15) is 0 Å². The maximum atomic E-state index is 5.85. The Labute approximate surface area is 113 Å². The molecule has 5 heteroatoms. The predicted molar refractivity (Wildman–Crippen MR) is 71.6 cm³/mol. The van der Waals surface area contributed by atoms with Gasteiger partial charge in [-0.15, -0.1) is 0 Å². The molecule has 2 rings (SSSR count). The molecule has 0 spiro atoms. The lowest BCUT2D eigenvalue weighted by atomic mass is 10.2. The van der Waals surface area contributed by atoms with Crippen molar-refractivity contribution in [2.75, 3.05) is 33.6 Å². The lowest BCUT2D eigenvalue weighted by Crippen LogP contribution is -2.32. The van der Waals surface area contributed by atoms with Gasteiger partial charge in [-0.25, -0.2) is 0 Å². The van der Waals surface area contributed by atoms with Gasteiger partial charge in [-0.2, -0.15) is 0 Å². The van der Waals surface area contributed by atoms with Crippen LogP contribution >= 0.6 is 0 Å². The highest BCUT2D eigenvalue weighted by molar-refractivity contribution is 5.44. The molecule has 0 aromatic heterocycles. The zero-order valence-electron chi connectivity index (χ0n) is 11.5. The van der Waals surface area contributed by atoms with Gasteiger partial charge in [-0.1, -0.05) is 13.0 Å². The minimum atomic E-state index is 0.0513. The summed E-state index contributed by atoms with van der Waals surface area (Å²) in [5, 5.41) is 3.26. The molecule has 1 aromatic carbocycles. The van der Waals surface area contributed by atoms with Crippen LogP contribution < -0.4 is 14.8 Å². The van der Waals surface area contributed by atoms with Crippen LogP contribution in [0.2, 0.25) is 0 Å². The molecule has 0 amide bonds. The van der Waals surface area contributed by atoms with Crippen LogP contribution in [0, 0.1) is 0 Å². The number of rotatable bonds is 8. The Bertz CT molecular complexity index is 397. The van der Waals surface area contributed by atoms with E-state index < -0.39 is 0 Å². The molecular weight excluding hydrogens is 246 g/mol. The van der Waals surface area contributed by atoms with Crippen molar-refractivity contribution < 1.29 is 18.9 Å². The van der Waals surface area contributed by atoms with E-state index >= 15 is 0 Å². The highest BCUT2D eigenvalue weighted by Crippen LogP contribution is 2.32. The average Bonchev–Trinajstić information content (AvgIpc) is 2.89. The van der Waals surface area contributed by atoms with Crippen LogP contribution in [0.3, 0.4) is 0 Å². The fourth-order valence-corrected chi connectivity index (χ4v) is 1.90. The van der Waals surface area contributed by atoms with Crippen molar-refractivity contribution >= 4 is 0 Å².